The van der Waals surface area contributed by atoms with Gasteiger partial charge in [0, 0.05) is 48.6 Å². The van der Waals surface area contributed by atoms with Crippen LogP contribution in [0.4, 0.5) is 20.4 Å². The Morgan fingerprint density at radius 1 is 1.04 bits per heavy atom. The predicted octanol–water partition coefficient (Wildman–Crippen LogP) is 4.61. The van der Waals surface area contributed by atoms with Gasteiger partial charge in [0.15, 0.2) is 5.13 Å². The lowest BCUT2D eigenvalue weighted by atomic mass is 9.82. The van der Waals surface area contributed by atoms with Gasteiger partial charge < -0.3 is 26.2 Å². The Balaban J connectivity index is 1.82. The fourth-order valence-corrected chi connectivity index (χ4v) is 6.77. The number of carbonyl (C=O) groups excluding carboxylic acids is 2. The van der Waals surface area contributed by atoms with Gasteiger partial charge in [-0.05, 0) is 64.3 Å². The van der Waals surface area contributed by atoms with Crippen LogP contribution in [0, 0.1) is 11.3 Å². The van der Waals surface area contributed by atoms with Gasteiger partial charge in [0.1, 0.15) is 0 Å². The van der Waals surface area contributed by atoms with Crippen LogP contribution in [0.5, 0.6) is 0 Å². The molecule has 6 N–H and O–H groups in total. The minimum Gasteiger partial charge on any atom is -0.465 e. The molecule has 0 spiro atoms. The largest absolute Gasteiger partial charge is 0.465 e. The molecule has 1 unspecified atom stereocenters. The molecule has 1 aliphatic heterocycles. The topological polar surface area (TPSA) is 176 Å². The van der Waals surface area contributed by atoms with Crippen molar-refractivity contribution in [3.8, 4) is 0 Å². The highest BCUT2D eigenvalue weighted by Crippen LogP contribution is 2.39. The second-order valence-electron chi connectivity index (χ2n) is 13.4. The van der Waals surface area contributed by atoms with Gasteiger partial charge in [0.05, 0.1) is 11.6 Å². The van der Waals surface area contributed by atoms with Gasteiger partial charge in [-0.1, -0.05) is 32.9 Å². The maximum atomic E-state index is 12.5. The molecule has 1 aromatic heterocycles. The molecule has 4 amide bonds. The Morgan fingerprint density at radius 2 is 1.69 bits per heavy atom. The number of aryl methyl sites for hydroxylation is 2. The fourth-order valence-electron chi connectivity index (χ4n) is 5.67. The molecule has 1 saturated heterocycles. The van der Waals surface area contributed by atoms with Crippen molar-refractivity contribution >= 4 is 46.2 Å². The number of nitrogens with one attached hydrogen (secondary N) is 4. The molecule has 0 bridgehead atoms. The van der Waals surface area contributed by atoms with Gasteiger partial charge >= 0.3 is 12.2 Å². The lowest BCUT2D eigenvalue weighted by Gasteiger charge is -2.55. The van der Waals surface area contributed by atoms with Crippen LogP contribution in [0.2, 0.25) is 0 Å². The number of thiazole rings is 1. The molecule has 2 aromatic rings. The minimum atomic E-state index is -1.70. The first-order valence-electron chi connectivity index (χ1n) is 15.0. The van der Waals surface area contributed by atoms with E-state index in [0.717, 1.165) is 34.0 Å². The normalized spacial score (nSPS) is 16.8. The van der Waals surface area contributed by atoms with Crippen LogP contribution in [0.15, 0.2) is 24.3 Å². The first-order chi connectivity index (χ1) is 20.9. The standard InChI is InChI=1S/C31H47N7O6S/c1-19(39)33-26-34-23(24(45-26)18-37-16-15-21(17-37)25(40)32-8)14-11-20-9-12-22(13-10-20)35-31(29(2,3)4,36-27(41)42)38(28(43)44)30(5,6)7/h9-10,12-13,21,35-36H,11,14-18H2,1-8H3,(H,32,40)(H,41,42)(H,43,44)(H,33,34,39)/t21-,31?/m0/s1. The summed E-state index contributed by atoms with van der Waals surface area (Å²) in [7, 11) is 1.65. The molecular formula is C31H47N7O6S. The minimum absolute atomic E-state index is 0.0398. The van der Waals surface area contributed by atoms with Gasteiger partial charge in [-0.3, -0.25) is 24.7 Å². The molecule has 248 valence electrons. The number of amides is 4. The van der Waals surface area contributed by atoms with Gasteiger partial charge in [-0.2, -0.15) is 0 Å². The zero-order valence-corrected chi connectivity index (χ0v) is 28.2. The van der Waals surface area contributed by atoms with E-state index in [1.165, 1.54) is 18.3 Å². The van der Waals surface area contributed by atoms with Crippen molar-refractivity contribution in [2.75, 3.05) is 30.8 Å². The number of carbonyl (C=O) groups is 4. The summed E-state index contributed by atoms with van der Waals surface area (Å²) >= 11 is 1.45. The molecule has 14 heteroatoms. The Bertz CT molecular complexity index is 1380. The summed E-state index contributed by atoms with van der Waals surface area (Å²) in [4.78, 5) is 57.5. The number of rotatable bonds is 11. The number of carboxylic acid groups (broad SMARTS) is 2. The van der Waals surface area contributed by atoms with Crippen LogP contribution in [0.1, 0.15) is 71.0 Å². The third-order valence-corrected chi connectivity index (χ3v) is 8.82. The third kappa shape index (κ3) is 8.85. The summed E-state index contributed by atoms with van der Waals surface area (Å²) in [6.45, 7) is 14.0. The van der Waals surface area contributed by atoms with E-state index in [2.05, 4.69) is 26.2 Å². The highest BCUT2D eigenvalue weighted by atomic mass is 32.1. The Labute approximate surface area is 268 Å². The Hall–Kier alpha value is -3.91. The first-order valence-corrected chi connectivity index (χ1v) is 15.8. The van der Waals surface area contributed by atoms with Crippen molar-refractivity contribution in [2.45, 2.75) is 85.6 Å². The van der Waals surface area contributed by atoms with Crippen molar-refractivity contribution < 1.29 is 29.4 Å². The van der Waals surface area contributed by atoms with Crippen molar-refractivity contribution in [2.24, 2.45) is 11.3 Å². The second kappa shape index (κ2) is 14.0. The Kier molecular flexibility index (Phi) is 11.1. The third-order valence-electron chi connectivity index (χ3n) is 7.82. The van der Waals surface area contributed by atoms with E-state index in [4.69, 9.17) is 4.98 Å². The smallest absolute Gasteiger partial charge is 0.411 e. The lowest BCUT2D eigenvalue weighted by Crippen LogP contribution is -2.76. The van der Waals surface area contributed by atoms with E-state index < -0.39 is 28.9 Å². The number of hydrogen-bond donors (Lipinski definition) is 6. The molecule has 2 atom stereocenters. The number of likely N-dealkylation sites (tertiary alicyclic amines) is 1. The fraction of sp³-hybridized carbons (Fsp3) is 0.581. The molecule has 0 saturated carbocycles. The van der Waals surface area contributed by atoms with Crippen LogP contribution in [0.3, 0.4) is 0 Å². The van der Waals surface area contributed by atoms with E-state index in [1.54, 1.807) is 60.7 Å². The van der Waals surface area contributed by atoms with Crippen LogP contribution < -0.4 is 21.3 Å². The van der Waals surface area contributed by atoms with Gasteiger partial charge in [-0.15, -0.1) is 11.3 Å². The molecule has 3 rings (SSSR count). The molecule has 1 fully saturated rings. The van der Waals surface area contributed by atoms with Crippen molar-refractivity contribution in [1.82, 2.24) is 25.4 Å². The molecule has 1 aliphatic rings. The number of aromatic nitrogens is 1. The predicted molar refractivity (Wildman–Crippen MR) is 174 cm³/mol. The highest BCUT2D eigenvalue weighted by Gasteiger charge is 2.54. The van der Waals surface area contributed by atoms with E-state index in [9.17, 15) is 29.4 Å². The van der Waals surface area contributed by atoms with Gasteiger partial charge in [0.2, 0.25) is 17.6 Å². The number of hydrogen-bond acceptors (Lipinski definition) is 8. The van der Waals surface area contributed by atoms with Crippen LogP contribution >= 0.6 is 11.3 Å². The number of anilines is 2. The van der Waals surface area contributed by atoms with Crippen LogP contribution in [0.25, 0.3) is 0 Å². The van der Waals surface area contributed by atoms with Gasteiger partial charge in [-0.25, -0.2) is 14.6 Å². The second-order valence-corrected chi connectivity index (χ2v) is 14.5. The maximum absolute atomic E-state index is 12.5. The summed E-state index contributed by atoms with van der Waals surface area (Å²) < 4.78 is 0. The average molecular weight is 646 g/mol. The highest BCUT2D eigenvalue weighted by molar-refractivity contribution is 7.15. The first kappa shape index (κ1) is 35.6. The monoisotopic (exact) mass is 645 g/mol. The van der Waals surface area contributed by atoms with Crippen molar-refractivity contribution in [1.29, 1.82) is 0 Å². The van der Waals surface area contributed by atoms with Crippen LogP contribution in [-0.4, -0.2) is 80.5 Å². The lowest BCUT2D eigenvalue weighted by molar-refractivity contribution is -0.124. The average Bonchev–Trinajstić information content (AvgIpc) is 3.52. The molecule has 0 aliphatic carbocycles. The number of benzene rings is 1. The molecule has 0 radical (unpaired) electrons. The summed E-state index contributed by atoms with van der Waals surface area (Å²) in [5, 5.41) is 31.8. The molecule has 45 heavy (non-hydrogen) atoms. The summed E-state index contributed by atoms with van der Waals surface area (Å²) in [5.41, 5.74) is 0.570. The molecule has 13 nitrogen and oxygen atoms in total. The SMILES string of the molecule is CNC(=O)[C@H]1CCN(Cc2sc(NC(C)=O)nc2CCc2ccc(NC(NC(=O)O)(N(C(=O)O)C(C)(C)C)C(C)(C)C)cc2)C1. The van der Waals surface area contributed by atoms with E-state index in [0.29, 0.717) is 36.8 Å². The van der Waals surface area contributed by atoms with E-state index in [1.807, 2.05) is 12.1 Å². The summed E-state index contributed by atoms with van der Waals surface area (Å²) in [5.74, 6) is -1.89. The van der Waals surface area contributed by atoms with Gasteiger partial charge in [0.25, 0.3) is 0 Å². The number of nitrogens with zero attached hydrogens (tertiary/aromatic N) is 3. The zero-order chi connectivity index (χ0) is 33.7. The van der Waals surface area contributed by atoms with Crippen molar-refractivity contribution in [3.05, 3.63) is 40.4 Å². The quantitative estimate of drug-likeness (QED) is 0.191. The van der Waals surface area contributed by atoms with Crippen LogP contribution in [-0.2, 0) is 29.0 Å². The Morgan fingerprint density at radius 3 is 2.20 bits per heavy atom. The molecule has 2 heterocycles. The maximum Gasteiger partial charge on any atom is 0.411 e. The van der Waals surface area contributed by atoms with Crippen molar-refractivity contribution in [3.63, 3.8) is 0 Å². The molecular weight excluding hydrogens is 598 g/mol. The summed E-state index contributed by atoms with van der Waals surface area (Å²) in [6.07, 6.45) is -0.566. The van der Waals surface area contributed by atoms with E-state index in [-0.39, 0.29) is 17.7 Å². The molecule has 1 aromatic carbocycles. The zero-order valence-electron chi connectivity index (χ0n) is 27.4. The van der Waals surface area contributed by atoms with E-state index >= 15 is 0 Å². The summed E-state index contributed by atoms with van der Waals surface area (Å²) in [6, 6.07) is 7.42.